The van der Waals surface area contributed by atoms with E-state index in [2.05, 4.69) is 0 Å². The first-order chi connectivity index (χ1) is 21.0. The van der Waals surface area contributed by atoms with Gasteiger partial charge in [-0.05, 0) is 38.8 Å². The fourth-order valence-electron chi connectivity index (χ4n) is 4.65. The molecular weight excluding hydrogens is 580 g/mol. The summed E-state index contributed by atoms with van der Waals surface area (Å²) in [5.41, 5.74) is 0. The van der Waals surface area contributed by atoms with E-state index in [1.54, 1.807) is 9.80 Å². The maximum absolute atomic E-state index is 10.4. The Morgan fingerprint density at radius 1 is 0.477 bits per heavy atom. The molecule has 0 aliphatic heterocycles. The first-order valence-corrected chi connectivity index (χ1v) is 16.3. The van der Waals surface area contributed by atoms with Gasteiger partial charge in [0.2, 0.25) is 0 Å². The maximum Gasteiger partial charge on any atom is 0.109 e. The van der Waals surface area contributed by atoms with Crippen molar-refractivity contribution in [3.8, 4) is 0 Å². The van der Waals surface area contributed by atoms with Gasteiger partial charge < -0.3 is 60.5 Å². The Balaban J connectivity index is 4.95. The summed E-state index contributed by atoms with van der Waals surface area (Å²) in [5, 5.41) is 99.4. The zero-order valence-corrected chi connectivity index (χ0v) is 26.9. The molecule has 0 fully saturated rings. The van der Waals surface area contributed by atoms with Crippen molar-refractivity contribution in [2.75, 3.05) is 78.9 Å². The second kappa shape index (κ2) is 27.5. The summed E-state index contributed by atoms with van der Waals surface area (Å²) < 4.78 is 11.0. The van der Waals surface area contributed by atoms with Gasteiger partial charge in [0.05, 0.1) is 50.8 Å². The fourth-order valence-corrected chi connectivity index (χ4v) is 4.65. The first kappa shape index (κ1) is 43.4. The van der Waals surface area contributed by atoms with Gasteiger partial charge in [-0.1, -0.05) is 39.5 Å². The molecule has 14 heteroatoms. The van der Waals surface area contributed by atoms with E-state index in [0.29, 0.717) is 39.1 Å². The predicted molar refractivity (Wildman–Crippen MR) is 165 cm³/mol. The molecule has 0 heterocycles. The van der Waals surface area contributed by atoms with Gasteiger partial charge in [0.25, 0.3) is 0 Å². The van der Waals surface area contributed by atoms with Crippen LogP contribution in [0.25, 0.3) is 0 Å². The van der Waals surface area contributed by atoms with Crippen molar-refractivity contribution in [2.24, 2.45) is 0 Å². The molecule has 266 valence electrons. The highest BCUT2D eigenvalue weighted by molar-refractivity contribution is 4.80. The Morgan fingerprint density at radius 3 is 1.16 bits per heavy atom. The van der Waals surface area contributed by atoms with Crippen LogP contribution in [0, 0.1) is 0 Å². The molecule has 0 radical (unpaired) electrons. The van der Waals surface area contributed by atoms with Gasteiger partial charge in [-0.3, -0.25) is 9.80 Å². The number of hydrogen-bond acceptors (Lipinski definition) is 14. The molecule has 8 atom stereocenters. The molecule has 0 saturated carbocycles. The molecule has 0 saturated heterocycles. The minimum atomic E-state index is -1.54. The topological polar surface area (TPSA) is 227 Å². The van der Waals surface area contributed by atoms with Crippen molar-refractivity contribution >= 4 is 0 Å². The quantitative estimate of drug-likeness (QED) is 0.0357. The van der Waals surface area contributed by atoms with Crippen LogP contribution in [0.4, 0.5) is 0 Å². The molecular formula is C30H64N2O12. The van der Waals surface area contributed by atoms with Crippen LogP contribution in [0.5, 0.6) is 0 Å². The molecule has 0 bridgehead atoms. The van der Waals surface area contributed by atoms with E-state index >= 15 is 0 Å². The van der Waals surface area contributed by atoms with E-state index in [4.69, 9.17) is 19.7 Å². The van der Waals surface area contributed by atoms with Gasteiger partial charge in [-0.25, -0.2) is 0 Å². The van der Waals surface area contributed by atoms with Gasteiger partial charge in [0, 0.05) is 39.4 Å². The molecule has 0 aromatic carbocycles. The fraction of sp³-hybridized carbons (Fsp3) is 1.00. The van der Waals surface area contributed by atoms with Crippen LogP contribution in [-0.4, -0.2) is 189 Å². The lowest BCUT2D eigenvalue weighted by atomic mass is 10.1. The summed E-state index contributed by atoms with van der Waals surface area (Å²) in [7, 11) is 0. The van der Waals surface area contributed by atoms with E-state index in [-0.39, 0.29) is 39.4 Å². The van der Waals surface area contributed by atoms with Crippen LogP contribution in [0.3, 0.4) is 0 Å². The van der Waals surface area contributed by atoms with Gasteiger partial charge in [-0.2, -0.15) is 0 Å². The van der Waals surface area contributed by atoms with Crippen LogP contribution in [0.1, 0.15) is 65.2 Å². The van der Waals surface area contributed by atoms with Crippen molar-refractivity contribution in [1.29, 1.82) is 0 Å². The monoisotopic (exact) mass is 644 g/mol. The highest BCUT2D eigenvalue weighted by Crippen LogP contribution is 2.10. The number of ether oxygens (including phenoxy) is 2. The smallest absolute Gasteiger partial charge is 0.109 e. The zero-order valence-electron chi connectivity index (χ0n) is 26.9. The Labute approximate surface area is 263 Å². The molecule has 14 nitrogen and oxygen atoms in total. The van der Waals surface area contributed by atoms with Gasteiger partial charge in [0.1, 0.15) is 24.4 Å². The van der Waals surface area contributed by atoms with Crippen LogP contribution in [0.2, 0.25) is 0 Å². The summed E-state index contributed by atoms with van der Waals surface area (Å²) in [6, 6.07) is 0. The normalized spacial score (nSPS) is 17.9. The minimum absolute atomic E-state index is 0.0177. The summed E-state index contributed by atoms with van der Waals surface area (Å²) in [6.45, 7) is 5.38. The Hall–Kier alpha value is -0.560. The summed E-state index contributed by atoms with van der Waals surface area (Å²) in [6.07, 6.45) is -3.64. The maximum atomic E-state index is 10.4. The van der Waals surface area contributed by atoms with E-state index in [0.717, 1.165) is 38.5 Å². The lowest BCUT2D eigenvalue weighted by Gasteiger charge is -2.30. The van der Waals surface area contributed by atoms with E-state index in [9.17, 15) is 40.9 Å². The number of hydrogen-bond donors (Lipinski definition) is 10. The molecule has 0 aromatic rings. The lowest BCUT2D eigenvalue weighted by Crippen LogP contribution is -2.48. The van der Waals surface area contributed by atoms with Gasteiger partial charge in [0.15, 0.2) is 0 Å². The molecule has 0 aliphatic carbocycles. The van der Waals surface area contributed by atoms with Crippen LogP contribution < -0.4 is 0 Å². The average Bonchev–Trinajstić information content (AvgIpc) is 3.01. The average molecular weight is 645 g/mol. The first-order valence-electron chi connectivity index (χ1n) is 16.3. The van der Waals surface area contributed by atoms with E-state index in [1.165, 1.54) is 0 Å². The summed E-state index contributed by atoms with van der Waals surface area (Å²) in [5.74, 6) is 0. The Bertz CT molecular complexity index is 589. The third-order valence-corrected chi connectivity index (χ3v) is 7.38. The summed E-state index contributed by atoms with van der Waals surface area (Å²) in [4.78, 5) is 3.58. The number of nitrogens with zero attached hydrogens (tertiary/aromatic N) is 2. The molecule has 0 aromatic heterocycles. The van der Waals surface area contributed by atoms with Crippen LogP contribution in [0.15, 0.2) is 0 Å². The standard InChI is InChI=1S/C30H64N2O12/c1-3-5-13-43-21-23(35)15-31(17-25(37)29(41)27(39)19-33)11-9-7-8-10-12-32(16-24(36)22-44-14-6-4-2)18-26(38)30(42)28(40)20-34/h23-30,33-42H,3-22H2,1-2H3. The second-order valence-electron chi connectivity index (χ2n) is 11.7. The SMILES string of the molecule is CCCCOCC(O)CN(CCCCCCN(CC(O)COCCCC)CC(O)C(O)C(O)CO)CC(O)C(O)C(O)CO. The zero-order chi connectivity index (χ0) is 33.3. The second-order valence-corrected chi connectivity index (χ2v) is 11.7. The number of aliphatic hydroxyl groups is 10. The molecule has 0 aliphatic rings. The highest BCUT2D eigenvalue weighted by Gasteiger charge is 2.28. The van der Waals surface area contributed by atoms with E-state index in [1.807, 2.05) is 13.8 Å². The largest absolute Gasteiger partial charge is 0.394 e. The predicted octanol–water partition coefficient (Wildman–Crippen LogP) is -2.34. The number of aliphatic hydroxyl groups excluding tert-OH is 10. The van der Waals surface area contributed by atoms with Crippen LogP contribution >= 0.6 is 0 Å². The van der Waals surface area contributed by atoms with Crippen molar-refractivity contribution in [2.45, 2.75) is 114 Å². The van der Waals surface area contributed by atoms with Crippen molar-refractivity contribution in [3.63, 3.8) is 0 Å². The van der Waals surface area contributed by atoms with Crippen molar-refractivity contribution < 1.29 is 60.5 Å². The molecule has 10 N–H and O–H groups in total. The van der Waals surface area contributed by atoms with E-state index < -0.39 is 62.0 Å². The third kappa shape index (κ3) is 21.3. The molecule has 0 amide bonds. The van der Waals surface area contributed by atoms with Gasteiger partial charge >= 0.3 is 0 Å². The van der Waals surface area contributed by atoms with Crippen LogP contribution in [-0.2, 0) is 9.47 Å². The molecule has 0 rings (SSSR count). The molecule has 8 unspecified atom stereocenters. The third-order valence-electron chi connectivity index (χ3n) is 7.38. The molecule has 44 heavy (non-hydrogen) atoms. The van der Waals surface area contributed by atoms with Crippen molar-refractivity contribution in [1.82, 2.24) is 9.80 Å². The Kier molecular flexibility index (Phi) is 27.2. The molecule has 0 spiro atoms. The number of rotatable bonds is 31. The van der Waals surface area contributed by atoms with Gasteiger partial charge in [-0.15, -0.1) is 0 Å². The highest BCUT2D eigenvalue weighted by atomic mass is 16.5. The Morgan fingerprint density at radius 2 is 0.841 bits per heavy atom. The lowest BCUT2D eigenvalue weighted by molar-refractivity contribution is -0.0876. The number of unbranched alkanes of at least 4 members (excludes halogenated alkanes) is 5. The van der Waals surface area contributed by atoms with Crippen molar-refractivity contribution in [3.05, 3.63) is 0 Å². The minimum Gasteiger partial charge on any atom is -0.394 e. The summed E-state index contributed by atoms with van der Waals surface area (Å²) >= 11 is 0.